The molecule has 112 valence electrons. The molecule has 1 rings (SSSR count). The van der Waals surface area contributed by atoms with Crippen molar-refractivity contribution in [3.63, 3.8) is 0 Å². The van der Waals surface area contributed by atoms with Crippen LogP contribution in [-0.2, 0) is 10.0 Å². The van der Waals surface area contributed by atoms with Gasteiger partial charge in [-0.05, 0) is 25.3 Å². The number of nitro groups is 1. The molecule has 0 spiro atoms. The lowest BCUT2D eigenvalue weighted by Gasteiger charge is -2.21. The van der Waals surface area contributed by atoms with Gasteiger partial charge < -0.3 is 5.11 Å². The van der Waals surface area contributed by atoms with E-state index in [9.17, 15) is 18.5 Å². The number of rotatable bonds is 7. The van der Waals surface area contributed by atoms with Gasteiger partial charge in [-0.25, -0.2) is 13.1 Å². The van der Waals surface area contributed by atoms with Gasteiger partial charge in [-0.2, -0.15) is 11.8 Å². The number of nitro benzene ring substituents is 1. The quantitative estimate of drug-likeness (QED) is 0.572. The van der Waals surface area contributed by atoms with Crippen LogP contribution in [-0.4, -0.2) is 42.6 Å². The van der Waals surface area contributed by atoms with Crippen LogP contribution < -0.4 is 4.72 Å². The molecular formula is C11H16N2O5S2. The summed E-state index contributed by atoms with van der Waals surface area (Å²) in [4.78, 5) is 9.87. The molecule has 0 heterocycles. The Bertz CT molecular complexity index is 555. The van der Waals surface area contributed by atoms with E-state index in [1.165, 1.54) is 23.9 Å². The van der Waals surface area contributed by atoms with E-state index in [0.29, 0.717) is 0 Å². The molecule has 2 atom stereocenters. The minimum atomic E-state index is -3.76. The van der Waals surface area contributed by atoms with Crippen molar-refractivity contribution in [3.05, 3.63) is 34.4 Å². The van der Waals surface area contributed by atoms with Gasteiger partial charge in [0.25, 0.3) is 5.69 Å². The number of hydrogen-bond acceptors (Lipinski definition) is 6. The van der Waals surface area contributed by atoms with Crippen molar-refractivity contribution in [1.82, 2.24) is 4.72 Å². The molecule has 0 saturated heterocycles. The Morgan fingerprint density at radius 1 is 1.40 bits per heavy atom. The molecule has 0 amide bonds. The molecule has 0 aliphatic heterocycles. The summed E-state index contributed by atoms with van der Waals surface area (Å²) in [5, 5.41) is 19.4. The topological polar surface area (TPSA) is 110 Å². The Labute approximate surface area is 121 Å². The normalized spacial score (nSPS) is 14.8. The first kappa shape index (κ1) is 16.9. The summed E-state index contributed by atoms with van der Waals surface area (Å²) in [6, 6.07) is 4.17. The third kappa shape index (κ3) is 4.17. The highest BCUT2D eigenvalue weighted by molar-refractivity contribution is 7.99. The molecule has 0 saturated carbocycles. The summed E-state index contributed by atoms with van der Waals surface area (Å²) in [6.07, 6.45) is 1.78. The molecule has 9 heteroatoms. The zero-order chi connectivity index (χ0) is 15.3. The largest absolute Gasteiger partial charge is 0.395 e. The van der Waals surface area contributed by atoms with Crippen molar-refractivity contribution in [2.75, 3.05) is 12.9 Å². The number of benzene rings is 1. The first-order chi connectivity index (χ1) is 9.31. The van der Waals surface area contributed by atoms with E-state index in [1.807, 2.05) is 0 Å². The zero-order valence-electron chi connectivity index (χ0n) is 11.0. The van der Waals surface area contributed by atoms with Crippen LogP contribution in [0.3, 0.4) is 0 Å². The van der Waals surface area contributed by atoms with E-state index in [2.05, 4.69) is 4.72 Å². The Hall–Kier alpha value is -1.16. The second kappa shape index (κ2) is 7.02. The molecule has 0 aromatic heterocycles. The second-order valence-corrected chi connectivity index (χ2v) is 6.91. The highest BCUT2D eigenvalue weighted by atomic mass is 32.2. The van der Waals surface area contributed by atoms with E-state index in [4.69, 9.17) is 5.11 Å². The molecule has 7 nitrogen and oxygen atoms in total. The Balaban J connectivity index is 2.91. The smallest absolute Gasteiger partial charge is 0.269 e. The average molecular weight is 320 g/mol. The highest BCUT2D eigenvalue weighted by Crippen LogP contribution is 2.17. The van der Waals surface area contributed by atoms with Crippen molar-refractivity contribution >= 4 is 27.5 Å². The van der Waals surface area contributed by atoms with Crippen molar-refractivity contribution in [2.45, 2.75) is 23.1 Å². The Morgan fingerprint density at radius 2 is 1.95 bits per heavy atom. The van der Waals surface area contributed by atoms with Gasteiger partial charge >= 0.3 is 0 Å². The number of sulfonamides is 1. The molecule has 2 unspecified atom stereocenters. The predicted octanol–water partition coefficient (Wildman–Crippen LogP) is 0.985. The van der Waals surface area contributed by atoms with E-state index in [-0.39, 0.29) is 22.4 Å². The summed E-state index contributed by atoms with van der Waals surface area (Å²) in [5.74, 6) is 0. The fraction of sp³-hybridized carbons (Fsp3) is 0.455. The lowest BCUT2D eigenvalue weighted by atomic mass is 10.3. The number of nitrogens with zero attached hydrogens (tertiary/aromatic N) is 1. The minimum Gasteiger partial charge on any atom is -0.395 e. The van der Waals surface area contributed by atoms with Gasteiger partial charge in [-0.15, -0.1) is 0 Å². The molecule has 0 fully saturated rings. The van der Waals surface area contributed by atoms with Crippen LogP contribution >= 0.6 is 11.8 Å². The van der Waals surface area contributed by atoms with E-state index < -0.39 is 21.0 Å². The molecule has 2 N–H and O–H groups in total. The van der Waals surface area contributed by atoms with Crippen LogP contribution in [0.15, 0.2) is 29.2 Å². The molecule has 1 aromatic rings. The third-order valence-corrected chi connectivity index (χ3v) is 5.48. The van der Waals surface area contributed by atoms with Gasteiger partial charge in [-0.3, -0.25) is 10.1 Å². The number of nitrogens with one attached hydrogen (secondary N) is 1. The number of thioether (sulfide) groups is 1. The molecule has 1 aromatic carbocycles. The van der Waals surface area contributed by atoms with Gasteiger partial charge in [0.15, 0.2) is 0 Å². The number of hydrogen-bond donors (Lipinski definition) is 2. The first-order valence-electron chi connectivity index (χ1n) is 5.72. The van der Waals surface area contributed by atoms with E-state index in [0.717, 1.165) is 12.1 Å². The third-order valence-electron chi connectivity index (χ3n) is 2.74. The first-order valence-corrected chi connectivity index (χ1v) is 8.49. The number of non-ortho nitro benzene ring substituents is 1. The maximum atomic E-state index is 12.1. The van der Waals surface area contributed by atoms with Crippen molar-refractivity contribution in [2.24, 2.45) is 0 Å². The lowest BCUT2D eigenvalue weighted by Crippen LogP contribution is -2.41. The summed E-state index contributed by atoms with van der Waals surface area (Å²) in [6.45, 7) is 1.51. The molecule has 0 aliphatic carbocycles. The fourth-order valence-corrected chi connectivity index (χ4v) is 3.57. The van der Waals surface area contributed by atoms with E-state index in [1.54, 1.807) is 13.2 Å². The molecule has 0 radical (unpaired) electrons. The van der Waals surface area contributed by atoms with Crippen LogP contribution in [0.1, 0.15) is 6.92 Å². The monoisotopic (exact) mass is 320 g/mol. The second-order valence-electron chi connectivity index (χ2n) is 4.12. The van der Waals surface area contributed by atoms with E-state index >= 15 is 0 Å². The Morgan fingerprint density at radius 3 is 2.35 bits per heavy atom. The number of aliphatic hydroxyl groups excluding tert-OH is 1. The SMILES string of the molecule is CSC(CO)C(C)NS(=O)(=O)c1ccc([N+](=O)[O-])cc1. The number of aliphatic hydroxyl groups is 1. The molecule has 0 bridgehead atoms. The average Bonchev–Trinajstić information content (AvgIpc) is 2.39. The van der Waals surface area contributed by atoms with Gasteiger partial charge in [-0.1, -0.05) is 0 Å². The minimum absolute atomic E-state index is 0.0484. The van der Waals surface area contributed by atoms with Gasteiger partial charge in [0.1, 0.15) is 0 Å². The van der Waals surface area contributed by atoms with Crippen molar-refractivity contribution in [1.29, 1.82) is 0 Å². The zero-order valence-corrected chi connectivity index (χ0v) is 12.6. The van der Waals surface area contributed by atoms with Crippen molar-refractivity contribution < 1.29 is 18.4 Å². The Kier molecular flexibility index (Phi) is 5.93. The molecular weight excluding hydrogens is 304 g/mol. The van der Waals surface area contributed by atoms with Crippen LogP contribution in [0.25, 0.3) is 0 Å². The van der Waals surface area contributed by atoms with Gasteiger partial charge in [0.2, 0.25) is 10.0 Å². The van der Waals surface area contributed by atoms with Crippen LogP contribution in [0.4, 0.5) is 5.69 Å². The fourth-order valence-electron chi connectivity index (χ4n) is 1.57. The molecule has 0 aliphatic rings. The van der Waals surface area contributed by atoms with Crippen LogP contribution in [0, 0.1) is 10.1 Å². The van der Waals surface area contributed by atoms with Gasteiger partial charge in [0, 0.05) is 23.4 Å². The molecule has 20 heavy (non-hydrogen) atoms. The lowest BCUT2D eigenvalue weighted by molar-refractivity contribution is -0.384. The summed E-state index contributed by atoms with van der Waals surface area (Å²) in [5.41, 5.74) is -0.172. The predicted molar refractivity (Wildman–Crippen MR) is 77.3 cm³/mol. The highest BCUT2D eigenvalue weighted by Gasteiger charge is 2.23. The maximum Gasteiger partial charge on any atom is 0.269 e. The van der Waals surface area contributed by atoms with Crippen LogP contribution in [0.2, 0.25) is 0 Å². The van der Waals surface area contributed by atoms with Crippen molar-refractivity contribution in [3.8, 4) is 0 Å². The maximum absolute atomic E-state index is 12.1. The van der Waals surface area contributed by atoms with Crippen LogP contribution in [0.5, 0.6) is 0 Å². The van der Waals surface area contributed by atoms with Gasteiger partial charge in [0.05, 0.1) is 16.4 Å². The summed E-state index contributed by atoms with van der Waals surface area (Å²) < 4.78 is 26.6. The standard InChI is InChI=1S/C11H16N2O5S2/c1-8(11(7-14)19-2)12-20(17,18)10-5-3-9(4-6-10)13(15)16/h3-6,8,11-12,14H,7H2,1-2H3. The summed E-state index contributed by atoms with van der Waals surface area (Å²) in [7, 11) is -3.76. The summed E-state index contributed by atoms with van der Waals surface area (Å²) >= 11 is 1.35.